The average Bonchev–Trinajstić information content (AvgIpc) is 2.44. The summed E-state index contributed by atoms with van der Waals surface area (Å²) in [4.78, 5) is 0.719. The fourth-order valence-electron chi connectivity index (χ4n) is 1.82. The van der Waals surface area contributed by atoms with Crippen LogP contribution in [0.2, 0.25) is 0 Å². The molecule has 0 fully saturated rings. The number of anilines is 1. The van der Waals surface area contributed by atoms with E-state index in [1.165, 1.54) is 11.1 Å². The molecule has 0 bridgehead atoms. The Hall–Kier alpha value is -1.87. The van der Waals surface area contributed by atoms with Gasteiger partial charge < -0.3 is 10.1 Å². The van der Waals surface area contributed by atoms with Gasteiger partial charge in [-0.05, 0) is 55.3 Å². The van der Waals surface area contributed by atoms with Gasteiger partial charge >= 0.3 is 0 Å². The predicted molar refractivity (Wildman–Crippen MR) is 84.2 cm³/mol. The molecule has 2 aromatic carbocycles. The van der Waals surface area contributed by atoms with E-state index < -0.39 is 0 Å². The number of benzene rings is 2. The van der Waals surface area contributed by atoms with Crippen molar-refractivity contribution in [3.63, 3.8) is 0 Å². The third-order valence-electron chi connectivity index (χ3n) is 3.21. The molecule has 0 aliphatic carbocycles. The van der Waals surface area contributed by atoms with Gasteiger partial charge in [0.1, 0.15) is 10.7 Å². The summed E-state index contributed by atoms with van der Waals surface area (Å²) in [5.74, 6) is 0.832. The van der Waals surface area contributed by atoms with E-state index in [9.17, 15) is 0 Å². The quantitative estimate of drug-likeness (QED) is 0.849. The van der Waals surface area contributed by atoms with E-state index in [2.05, 4.69) is 25.2 Å². The maximum Gasteiger partial charge on any atom is 0.118 e. The first-order chi connectivity index (χ1) is 9.11. The van der Waals surface area contributed by atoms with Crippen LogP contribution in [0.25, 0.3) is 0 Å². The van der Waals surface area contributed by atoms with Gasteiger partial charge in [-0.2, -0.15) is 0 Å². The Morgan fingerprint density at radius 1 is 1.05 bits per heavy atom. The zero-order valence-electron chi connectivity index (χ0n) is 11.4. The fourth-order valence-corrected chi connectivity index (χ4v) is 2.07. The molecule has 0 amide bonds. The Morgan fingerprint density at radius 2 is 1.74 bits per heavy atom. The minimum Gasteiger partial charge on any atom is -0.497 e. The molecule has 0 saturated carbocycles. The van der Waals surface area contributed by atoms with Gasteiger partial charge in [-0.3, -0.25) is 0 Å². The summed E-state index contributed by atoms with van der Waals surface area (Å²) >= 11 is 5.43. The van der Waals surface area contributed by atoms with E-state index >= 15 is 0 Å². The summed E-state index contributed by atoms with van der Waals surface area (Å²) in [7, 11) is 1.65. The Labute approximate surface area is 119 Å². The molecule has 0 saturated heterocycles. The van der Waals surface area contributed by atoms with E-state index in [-0.39, 0.29) is 0 Å². The van der Waals surface area contributed by atoms with E-state index in [0.29, 0.717) is 0 Å². The first-order valence-corrected chi connectivity index (χ1v) is 6.54. The third-order valence-corrected chi connectivity index (χ3v) is 3.54. The van der Waals surface area contributed by atoms with Gasteiger partial charge in [0, 0.05) is 11.3 Å². The van der Waals surface area contributed by atoms with Gasteiger partial charge in [0.15, 0.2) is 0 Å². The van der Waals surface area contributed by atoms with Crippen LogP contribution in [0.1, 0.15) is 16.7 Å². The zero-order chi connectivity index (χ0) is 13.8. The molecule has 0 spiro atoms. The summed E-state index contributed by atoms with van der Waals surface area (Å²) in [6.45, 7) is 4.19. The smallest absolute Gasteiger partial charge is 0.118 e. The highest BCUT2D eigenvalue weighted by atomic mass is 32.1. The first kappa shape index (κ1) is 13.6. The fraction of sp³-hybridized carbons (Fsp3) is 0.188. The van der Waals surface area contributed by atoms with Crippen LogP contribution < -0.4 is 10.1 Å². The molecule has 0 aliphatic rings. The monoisotopic (exact) mass is 271 g/mol. The summed E-state index contributed by atoms with van der Waals surface area (Å²) in [5.41, 5.74) is 4.51. The number of ether oxygens (including phenoxy) is 1. The second kappa shape index (κ2) is 5.85. The maximum atomic E-state index is 5.43. The highest BCUT2D eigenvalue weighted by Gasteiger charge is 2.05. The Bertz CT molecular complexity index is 590. The van der Waals surface area contributed by atoms with Crippen LogP contribution >= 0.6 is 12.2 Å². The number of thiocarbonyl (C=S) groups is 1. The minimum atomic E-state index is 0.719. The molecular formula is C16H17NOS. The van der Waals surface area contributed by atoms with E-state index in [0.717, 1.165) is 22.0 Å². The van der Waals surface area contributed by atoms with Gasteiger partial charge in [-0.15, -0.1) is 0 Å². The van der Waals surface area contributed by atoms with Crippen molar-refractivity contribution in [3.05, 3.63) is 59.2 Å². The molecule has 19 heavy (non-hydrogen) atoms. The van der Waals surface area contributed by atoms with Crippen LogP contribution in [0.3, 0.4) is 0 Å². The largest absolute Gasteiger partial charge is 0.497 e. The molecule has 0 heterocycles. The van der Waals surface area contributed by atoms with Crippen LogP contribution in [-0.2, 0) is 0 Å². The Kier molecular flexibility index (Phi) is 4.17. The molecule has 3 heteroatoms. The normalized spacial score (nSPS) is 10.1. The van der Waals surface area contributed by atoms with Crippen molar-refractivity contribution in [1.82, 2.24) is 0 Å². The van der Waals surface area contributed by atoms with Gasteiger partial charge in [0.05, 0.1) is 7.11 Å². The molecule has 0 radical (unpaired) electrons. The summed E-state index contributed by atoms with van der Waals surface area (Å²) in [5, 5.41) is 3.30. The topological polar surface area (TPSA) is 21.3 Å². The van der Waals surface area contributed by atoms with Crippen LogP contribution in [0, 0.1) is 13.8 Å². The minimum absolute atomic E-state index is 0.719. The number of hydrogen-bond acceptors (Lipinski definition) is 2. The van der Waals surface area contributed by atoms with Gasteiger partial charge in [0.25, 0.3) is 0 Å². The lowest BCUT2D eigenvalue weighted by Crippen LogP contribution is -2.11. The van der Waals surface area contributed by atoms with Crippen molar-refractivity contribution >= 4 is 22.9 Å². The lowest BCUT2D eigenvalue weighted by molar-refractivity contribution is 0.415. The molecule has 0 aliphatic heterocycles. The first-order valence-electron chi connectivity index (χ1n) is 6.13. The van der Waals surface area contributed by atoms with Crippen LogP contribution in [0.5, 0.6) is 5.75 Å². The molecular weight excluding hydrogens is 254 g/mol. The van der Waals surface area contributed by atoms with E-state index in [4.69, 9.17) is 17.0 Å². The van der Waals surface area contributed by atoms with Crippen molar-refractivity contribution in [2.24, 2.45) is 0 Å². The van der Waals surface area contributed by atoms with Gasteiger partial charge in [-0.25, -0.2) is 0 Å². The van der Waals surface area contributed by atoms with E-state index in [1.807, 2.05) is 36.4 Å². The third kappa shape index (κ3) is 3.12. The Balaban J connectivity index is 2.18. The zero-order valence-corrected chi connectivity index (χ0v) is 12.2. The number of aryl methyl sites for hydroxylation is 1. The number of methoxy groups -OCH3 is 1. The summed E-state index contributed by atoms with van der Waals surface area (Å²) in [6.07, 6.45) is 0. The number of hydrogen-bond donors (Lipinski definition) is 1. The lowest BCUT2D eigenvalue weighted by Gasteiger charge is -2.12. The van der Waals surface area contributed by atoms with E-state index in [1.54, 1.807) is 7.11 Å². The molecule has 0 aromatic heterocycles. The van der Waals surface area contributed by atoms with Crippen molar-refractivity contribution in [3.8, 4) is 5.75 Å². The molecule has 2 rings (SSSR count). The van der Waals surface area contributed by atoms with Crippen LogP contribution in [0.4, 0.5) is 5.69 Å². The molecule has 1 N–H and O–H groups in total. The second-order valence-corrected chi connectivity index (χ2v) is 4.84. The summed E-state index contributed by atoms with van der Waals surface area (Å²) < 4.78 is 5.14. The number of nitrogens with one attached hydrogen (secondary N) is 1. The molecule has 98 valence electrons. The lowest BCUT2D eigenvalue weighted by atomic mass is 10.1. The molecule has 0 atom stereocenters. The van der Waals surface area contributed by atoms with Crippen molar-refractivity contribution in [2.45, 2.75) is 13.8 Å². The standard InChI is InChI=1S/C16H17NOS/c1-11-5-4-6-15(12(11)2)17-16(19)13-7-9-14(18-3)10-8-13/h4-10H,1-3H3,(H,17,19). The van der Waals surface area contributed by atoms with Crippen LogP contribution in [0.15, 0.2) is 42.5 Å². The van der Waals surface area contributed by atoms with Crippen molar-refractivity contribution < 1.29 is 4.74 Å². The average molecular weight is 271 g/mol. The van der Waals surface area contributed by atoms with Crippen LogP contribution in [-0.4, -0.2) is 12.1 Å². The van der Waals surface area contributed by atoms with Crippen molar-refractivity contribution in [2.75, 3.05) is 12.4 Å². The molecule has 2 aromatic rings. The van der Waals surface area contributed by atoms with Crippen molar-refractivity contribution in [1.29, 1.82) is 0 Å². The summed E-state index contributed by atoms with van der Waals surface area (Å²) in [6, 6.07) is 13.9. The second-order valence-electron chi connectivity index (χ2n) is 4.43. The Morgan fingerprint density at radius 3 is 2.37 bits per heavy atom. The SMILES string of the molecule is COc1ccc(C(=S)Nc2cccc(C)c2C)cc1. The van der Waals surface area contributed by atoms with Gasteiger partial charge in [0.2, 0.25) is 0 Å². The highest BCUT2D eigenvalue weighted by molar-refractivity contribution is 7.81. The van der Waals surface area contributed by atoms with Gasteiger partial charge in [-0.1, -0.05) is 24.4 Å². The number of rotatable bonds is 3. The predicted octanol–water partition coefficient (Wildman–Crippen LogP) is 4.10. The highest BCUT2D eigenvalue weighted by Crippen LogP contribution is 2.20. The maximum absolute atomic E-state index is 5.43. The molecule has 2 nitrogen and oxygen atoms in total. The molecule has 0 unspecified atom stereocenters.